The van der Waals surface area contributed by atoms with Gasteiger partial charge in [-0.05, 0) is 43.2 Å². The molecule has 30 heavy (non-hydrogen) atoms. The van der Waals surface area contributed by atoms with Crippen LogP contribution in [0.5, 0.6) is 0 Å². The topological polar surface area (TPSA) is 78.0 Å². The van der Waals surface area contributed by atoms with E-state index in [1.165, 1.54) is 15.6 Å². The van der Waals surface area contributed by atoms with E-state index in [9.17, 15) is 18.0 Å². The van der Waals surface area contributed by atoms with Crippen LogP contribution in [0.15, 0.2) is 40.6 Å². The molecule has 0 N–H and O–H groups in total. The van der Waals surface area contributed by atoms with E-state index in [2.05, 4.69) is 0 Å². The molecule has 2 amide bonds. The number of amides is 2. The van der Waals surface area contributed by atoms with Gasteiger partial charge in [-0.2, -0.15) is 4.31 Å². The fourth-order valence-corrected chi connectivity index (χ4v) is 6.72. The SMILES string of the molecule is Cc1ccc(S(=O)(=O)N2CCN(C(=O)Cc3ccc(N4CCCC4=O)cc3)CC2)s1. The number of carbonyl (C=O) groups is 2. The number of thiophene rings is 1. The van der Waals surface area contributed by atoms with Crippen LogP contribution in [0.2, 0.25) is 0 Å². The molecule has 2 aromatic rings. The maximum atomic E-state index is 12.7. The van der Waals surface area contributed by atoms with Gasteiger partial charge in [0.05, 0.1) is 6.42 Å². The average molecular weight is 448 g/mol. The van der Waals surface area contributed by atoms with Gasteiger partial charge in [-0.25, -0.2) is 8.42 Å². The molecule has 0 aliphatic carbocycles. The minimum atomic E-state index is -3.48. The van der Waals surface area contributed by atoms with Gasteiger partial charge in [0.15, 0.2) is 0 Å². The highest BCUT2D eigenvalue weighted by atomic mass is 32.2. The Morgan fingerprint density at radius 1 is 1.00 bits per heavy atom. The van der Waals surface area contributed by atoms with Crippen LogP contribution in [0, 0.1) is 6.92 Å². The maximum absolute atomic E-state index is 12.7. The first-order chi connectivity index (χ1) is 14.3. The molecule has 4 rings (SSSR count). The third-order valence-electron chi connectivity index (χ3n) is 5.58. The van der Waals surface area contributed by atoms with Crippen LogP contribution in [-0.4, -0.2) is 62.2 Å². The van der Waals surface area contributed by atoms with Crippen molar-refractivity contribution >= 4 is 38.9 Å². The van der Waals surface area contributed by atoms with Crippen molar-refractivity contribution in [3.63, 3.8) is 0 Å². The fraction of sp³-hybridized carbons (Fsp3) is 0.429. The number of sulfonamides is 1. The number of anilines is 1. The molecule has 1 aromatic heterocycles. The monoisotopic (exact) mass is 447 g/mol. The van der Waals surface area contributed by atoms with Gasteiger partial charge in [0, 0.05) is 49.7 Å². The molecule has 0 unspecified atom stereocenters. The van der Waals surface area contributed by atoms with E-state index in [1.807, 2.05) is 37.3 Å². The molecule has 9 heteroatoms. The standard InChI is InChI=1S/C21H25N3O4S2/c1-16-4-9-21(29-16)30(27,28)23-13-11-22(12-14-23)20(26)15-17-5-7-18(8-6-17)24-10-2-3-19(24)25/h4-9H,2-3,10-15H2,1H3. The van der Waals surface area contributed by atoms with Crippen LogP contribution in [0.1, 0.15) is 23.3 Å². The zero-order valence-electron chi connectivity index (χ0n) is 16.9. The second-order valence-electron chi connectivity index (χ2n) is 7.64. The smallest absolute Gasteiger partial charge is 0.252 e. The third kappa shape index (κ3) is 4.28. The summed E-state index contributed by atoms with van der Waals surface area (Å²) >= 11 is 1.27. The van der Waals surface area contributed by atoms with E-state index in [4.69, 9.17) is 0 Å². The van der Waals surface area contributed by atoms with E-state index >= 15 is 0 Å². The maximum Gasteiger partial charge on any atom is 0.252 e. The Kier molecular flexibility index (Phi) is 5.95. The van der Waals surface area contributed by atoms with Crippen molar-refractivity contribution in [2.45, 2.75) is 30.4 Å². The number of carbonyl (C=O) groups excluding carboxylic acids is 2. The van der Waals surface area contributed by atoms with E-state index in [-0.39, 0.29) is 18.2 Å². The molecule has 160 valence electrons. The van der Waals surface area contributed by atoms with Crippen molar-refractivity contribution in [2.75, 3.05) is 37.6 Å². The van der Waals surface area contributed by atoms with Crippen molar-refractivity contribution in [3.05, 3.63) is 46.8 Å². The highest BCUT2D eigenvalue weighted by molar-refractivity contribution is 7.91. The number of hydrogen-bond acceptors (Lipinski definition) is 5. The van der Waals surface area contributed by atoms with Crippen LogP contribution in [0.4, 0.5) is 5.69 Å². The summed E-state index contributed by atoms with van der Waals surface area (Å²) in [6.07, 6.45) is 1.74. The van der Waals surface area contributed by atoms with Gasteiger partial charge < -0.3 is 9.80 Å². The molecule has 2 fully saturated rings. The zero-order chi connectivity index (χ0) is 21.3. The van der Waals surface area contributed by atoms with Gasteiger partial charge in [0.2, 0.25) is 11.8 Å². The van der Waals surface area contributed by atoms with Gasteiger partial charge in [-0.3, -0.25) is 9.59 Å². The lowest BCUT2D eigenvalue weighted by atomic mass is 10.1. The van der Waals surface area contributed by atoms with Crippen LogP contribution >= 0.6 is 11.3 Å². The molecule has 2 saturated heterocycles. The van der Waals surface area contributed by atoms with Crippen molar-refractivity contribution in [1.82, 2.24) is 9.21 Å². The lowest BCUT2D eigenvalue weighted by Gasteiger charge is -2.33. The predicted molar refractivity (Wildman–Crippen MR) is 116 cm³/mol. The number of hydrogen-bond donors (Lipinski definition) is 0. The molecule has 0 radical (unpaired) electrons. The molecule has 0 saturated carbocycles. The molecule has 0 atom stereocenters. The lowest BCUT2D eigenvalue weighted by molar-refractivity contribution is -0.131. The number of aryl methyl sites for hydroxylation is 1. The lowest BCUT2D eigenvalue weighted by Crippen LogP contribution is -2.50. The Morgan fingerprint density at radius 2 is 1.70 bits per heavy atom. The highest BCUT2D eigenvalue weighted by Crippen LogP contribution is 2.25. The summed E-state index contributed by atoms with van der Waals surface area (Å²) in [6, 6.07) is 11.0. The van der Waals surface area contributed by atoms with Crippen molar-refractivity contribution in [2.24, 2.45) is 0 Å². The molecular weight excluding hydrogens is 422 g/mol. The second-order valence-corrected chi connectivity index (χ2v) is 11.1. The summed E-state index contributed by atoms with van der Waals surface area (Å²) in [6.45, 7) is 4.03. The van der Waals surface area contributed by atoms with E-state index in [0.29, 0.717) is 36.8 Å². The van der Waals surface area contributed by atoms with Gasteiger partial charge >= 0.3 is 0 Å². The van der Waals surface area contributed by atoms with E-state index < -0.39 is 10.0 Å². The van der Waals surface area contributed by atoms with Crippen molar-refractivity contribution in [1.29, 1.82) is 0 Å². The van der Waals surface area contributed by atoms with E-state index in [1.54, 1.807) is 15.9 Å². The Balaban J connectivity index is 1.33. The summed E-state index contributed by atoms with van der Waals surface area (Å²) in [5.41, 5.74) is 1.76. The molecular formula is C21H25N3O4S2. The number of piperazine rings is 1. The summed E-state index contributed by atoms with van der Waals surface area (Å²) in [5.74, 6) is 0.133. The Labute approximate surface area is 180 Å². The van der Waals surface area contributed by atoms with Crippen LogP contribution in [0.3, 0.4) is 0 Å². The second kappa shape index (κ2) is 8.49. The van der Waals surface area contributed by atoms with Crippen molar-refractivity contribution < 1.29 is 18.0 Å². The highest BCUT2D eigenvalue weighted by Gasteiger charge is 2.31. The molecule has 0 spiro atoms. The largest absolute Gasteiger partial charge is 0.340 e. The molecule has 2 aliphatic heterocycles. The summed E-state index contributed by atoms with van der Waals surface area (Å²) in [5, 5.41) is 0. The predicted octanol–water partition coefficient (Wildman–Crippen LogP) is 2.26. The molecule has 7 nitrogen and oxygen atoms in total. The first-order valence-corrected chi connectivity index (χ1v) is 12.3. The van der Waals surface area contributed by atoms with E-state index in [0.717, 1.165) is 29.1 Å². The molecule has 3 heterocycles. The molecule has 2 aliphatic rings. The molecule has 0 bridgehead atoms. The summed E-state index contributed by atoms with van der Waals surface area (Å²) < 4.78 is 27.3. The van der Waals surface area contributed by atoms with Gasteiger partial charge in [-0.15, -0.1) is 11.3 Å². The third-order valence-corrected chi connectivity index (χ3v) is 8.94. The normalized spacial score (nSPS) is 18.2. The number of rotatable bonds is 5. The van der Waals surface area contributed by atoms with Crippen LogP contribution < -0.4 is 4.90 Å². The first-order valence-electron chi connectivity index (χ1n) is 10.1. The minimum Gasteiger partial charge on any atom is -0.340 e. The Bertz CT molecular complexity index is 1040. The van der Waals surface area contributed by atoms with Gasteiger partial charge in [0.25, 0.3) is 10.0 Å². The Hall–Kier alpha value is -2.23. The summed E-state index contributed by atoms with van der Waals surface area (Å²) in [4.78, 5) is 29.0. The zero-order valence-corrected chi connectivity index (χ0v) is 18.5. The Morgan fingerprint density at radius 3 is 2.27 bits per heavy atom. The van der Waals surface area contributed by atoms with Crippen molar-refractivity contribution in [3.8, 4) is 0 Å². The van der Waals surface area contributed by atoms with Crippen LogP contribution in [-0.2, 0) is 26.0 Å². The number of nitrogens with zero attached hydrogens (tertiary/aromatic N) is 3. The summed E-state index contributed by atoms with van der Waals surface area (Å²) in [7, 11) is -3.48. The molecule has 1 aromatic carbocycles. The average Bonchev–Trinajstić information content (AvgIpc) is 3.37. The van der Waals surface area contributed by atoms with Gasteiger partial charge in [-0.1, -0.05) is 12.1 Å². The van der Waals surface area contributed by atoms with Crippen LogP contribution in [0.25, 0.3) is 0 Å². The number of benzene rings is 1. The first kappa shape index (κ1) is 21.0. The minimum absolute atomic E-state index is 0.0102. The quantitative estimate of drug-likeness (QED) is 0.704. The fourth-order valence-electron chi connectivity index (χ4n) is 3.86. The van der Waals surface area contributed by atoms with Gasteiger partial charge in [0.1, 0.15) is 4.21 Å².